The first kappa shape index (κ1) is 19.6. The molecule has 0 bridgehead atoms. The summed E-state index contributed by atoms with van der Waals surface area (Å²) in [5.41, 5.74) is 1.34. The number of para-hydroxylation sites is 1. The van der Waals surface area contributed by atoms with E-state index in [1.165, 1.54) is 24.5 Å². The summed E-state index contributed by atoms with van der Waals surface area (Å²) < 4.78 is 39.6. The number of hydrogen-bond donors (Lipinski definition) is 2. The molecular formula is C19H20FN5O2S. The highest BCUT2D eigenvalue weighted by atomic mass is 32.2. The van der Waals surface area contributed by atoms with Crippen LogP contribution in [0.25, 0.3) is 0 Å². The molecule has 0 atom stereocenters. The third-order valence-corrected chi connectivity index (χ3v) is 4.59. The SMILES string of the molecule is CN(c1ccccc1)c1cc(NCc2c(F)cccc2NS(C)(=O)=O)ncn1. The summed E-state index contributed by atoms with van der Waals surface area (Å²) in [5.74, 6) is 0.630. The average molecular weight is 401 g/mol. The number of sulfonamides is 1. The highest BCUT2D eigenvalue weighted by molar-refractivity contribution is 7.92. The zero-order valence-corrected chi connectivity index (χ0v) is 16.2. The maximum atomic E-state index is 14.2. The van der Waals surface area contributed by atoms with E-state index in [1.54, 1.807) is 6.07 Å². The Morgan fingerprint density at radius 1 is 1.07 bits per heavy atom. The summed E-state index contributed by atoms with van der Waals surface area (Å²) in [6.45, 7) is 0.0516. The van der Waals surface area contributed by atoms with Crippen molar-refractivity contribution in [3.05, 3.63) is 72.3 Å². The molecule has 3 rings (SSSR count). The molecular weight excluding hydrogens is 381 g/mol. The summed E-state index contributed by atoms with van der Waals surface area (Å²) in [6.07, 6.45) is 2.43. The van der Waals surface area contributed by atoms with Gasteiger partial charge in [0.15, 0.2) is 0 Å². The molecule has 0 aliphatic rings. The fourth-order valence-electron chi connectivity index (χ4n) is 2.62. The summed E-state index contributed by atoms with van der Waals surface area (Å²) in [6, 6.07) is 15.7. The topological polar surface area (TPSA) is 87.2 Å². The van der Waals surface area contributed by atoms with Crippen LogP contribution in [0.1, 0.15) is 5.56 Å². The first-order chi connectivity index (χ1) is 13.3. The number of nitrogens with one attached hydrogen (secondary N) is 2. The highest BCUT2D eigenvalue weighted by Gasteiger charge is 2.13. The zero-order chi connectivity index (χ0) is 20.1. The molecule has 3 aromatic rings. The number of benzene rings is 2. The van der Waals surface area contributed by atoms with Gasteiger partial charge in [0.1, 0.15) is 23.8 Å². The Labute approximate surface area is 163 Å². The van der Waals surface area contributed by atoms with Gasteiger partial charge < -0.3 is 10.2 Å². The van der Waals surface area contributed by atoms with Gasteiger partial charge in [-0.25, -0.2) is 22.8 Å². The molecule has 2 aromatic carbocycles. The molecule has 0 aliphatic carbocycles. The van der Waals surface area contributed by atoms with Crippen molar-refractivity contribution in [2.45, 2.75) is 6.54 Å². The lowest BCUT2D eigenvalue weighted by atomic mass is 10.1. The van der Waals surface area contributed by atoms with Crippen LogP contribution in [0.2, 0.25) is 0 Å². The van der Waals surface area contributed by atoms with Gasteiger partial charge in [-0.3, -0.25) is 4.72 Å². The van der Waals surface area contributed by atoms with Gasteiger partial charge in [-0.15, -0.1) is 0 Å². The van der Waals surface area contributed by atoms with Gasteiger partial charge in [0.05, 0.1) is 11.9 Å². The summed E-state index contributed by atoms with van der Waals surface area (Å²) in [5, 5.41) is 3.02. The van der Waals surface area contributed by atoms with Crippen LogP contribution in [0.15, 0.2) is 60.9 Å². The smallest absolute Gasteiger partial charge is 0.229 e. The van der Waals surface area contributed by atoms with Gasteiger partial charge in [0, 0.05) is 30.9 Å². The van der Waals surface area contributed by atoms with Crippen molar-refractivity contribution in [2.75, 3.05) is 28.2 Å². The predicted molar refractivity (Wildman–Crippen MR) is 109 cm³/mol. The van der Waals surface area contributed by atoms with E-state index in [0.717, 1.165) is 11.9 Å². The van der Waals surface area contributed by atoms with E-state index in [2.05, 4.69) is 20.0 Å². The number of anilines is 4. The maximum Gasteiger partial charge on any atom is 0.229 e. The van der Waals surface area contributed by atoms with E-state index in [9.17, 15) is 12.8 Å². The van der Waals surface area contributed by atoms with Crippen LogP contribution in [0.4, 0.5) is 27.4 Å². The van der Waals surface area contributed by atoms with Crippen LogP contribution in [-0.4, -0.2) is 31.7 Å². The second-order valence-corrected chi connectivity index (χ2v) is 7.90. The molecule has 0 saturated heterocycles. The largest absolute Gasteiger partial charge is 0.366 e. The van der Waals surface area contributed by atoms with Crippen LogP contribution in [0.5, 0.6) is 0 Å². The van der Waals surface area contributed by atoms with Crippen LogP contribution in [-0.2, 0) is 16.6 Å². The van der Waals surface area contributed by atoms with Crippen molar-refractivity contribution in [2.24, 2.45) is 0 Å². The molecule has 2 N–H and O–H groups in total. The molecule has 1 heterocycles. The minimum Gasteiger partial charge on any atom is -0.366 e. The average Bonchev–Trinajstić information content (AvgIpc) is 2.67. The van der Waals surface area contributed by atoms with Gasteiger partial charge in [-0.1, -0.05) is 24.3 Å². The molecule has 28 heavy (non-hydrogen) atoms. The van der Waals surface area contributed by atoms with E-state index in [1.807, 2.05) is 42.3 Å². The van der Waals surface area contributed by atoms with E-state index in [0.29, 0.717) is 11.6 Å². The van der Waals surface area contributed by atoms with Crippen molar-refractivity contribution in [1.82, 2.24) is 9.97 Å². The number of nitrogens with zero attached hydrogens (tertiary/aromatic N) is 3. The molecule has 0 aliphatic heterocycles. The van der Waals surface area contributed by atoms with Crippen LogP contribution >= 0.6 is 0 Å². The van der Waals surface area contributed by atoms with Crippen molar-refractivity contribution in [3.8, 4) is 0 Å². The van der Waals surface area contributed by atoms with E-state index < -0.39 is 15.8 Å². The lowest BCUT2D eigenvalue weighted by molar-refractivity contribution is 0.605. The molecule has 0 saturated carbocycles. The Hall–Kier alpha value is -3.20. The second-order valence-electron chi connectivity index (χ2n) is 6.15. The lowest BCUT2D eigenvalue weighted by Crippen LogP contribution is -2.14. The summed E-state index contributed by atoms with van der Waals surface area (Å²) in [4.78, 5) is 10.3. The highest BCUT2D eigenvalue weighted by Crippen LogP contribution is 2.24. The Bertz CT molecular complexity index is 1060. The van der Waals surface area contributed by atoms with Crippen LogP contribution < -0.4 is 14.9 Å². The minimum absolute atomic E-state index is 0.0516. The summed E-state index contributed by atoms with van der Waals surface area (Å²) in [7, 11) is -1.64. The Kier molecular flexibility index (Phi) is 5.74. The van der Waals surface area contributed by atoms with E-state index in [-0.39, 0.29) is 17.8 Å². The zero-order valence-electron chi connectivity index (χ0n) is 15.4. The van der Waals surface area contributed by atoms with Crippen molar-refractivity contribution in [1.29, 1.82) is 0 Å². The van der Waals surface area contributed by atoms with Gasteiger partial charge in [-0.2, -0.15) is 0 Å². The number of halogens is 1. The van der Waals surface area contributed by atoms with Crippen molar-refractivity contribution >= 4 is 33.0 Å². The molecule has 7 nitrogen and oxygen atoms in total. The lowest BCUT2D eigenvalue weighted by Gasteiger charge is -2.19. The number of hydrogen-bond acceptors (Lipinski definition) is 6. The quantitative estimate of drug-likeness (QED) is 0.631. The Balaban J connectivity index is 1.79. The molecule has 0 unspecified atom stereocenters. The normalized spacial score (nSPS) is 11.1. The molecule has 1 aromatic heterocycles. The van der Waals surface area contributed by atoms with E-state index in [4.69, 9.17) is 0 Å². The molecule has 0 spiro atoms. The van der Waals surface area contributed by atoms with Crippen LogP contribution in [0, 0.1) is 5.82 Å². The van der Waals surface area contributed by atoms with Gasteiger partial charge in [0.2, 0.25) is 10.0 Å². The summed E-state index contributed by atoms with van der Waals surface area (Å²) >= 11 is 0. The predicted octanol–water partition coefficient (Wildman–Crippen LogP) is 3.37. The van der Waals surface area contributed by atoms with Gasteiger partial charge in [0.25, 0.3) is 0 Å². The van der Waals surface area contributed by atoms with Gasteiger partial charge >= 0.3 is 0 Å². The molecule has 0 fully saturated rings. The number of rotatable bonds is 7. The van der Waals surface area contributed by atoms with Crippen LogP contribution in [0.3, 0.4) is 0 Å². The van der Waals surface area contributed by atoms with Crippen molar-refractivity contribution in [3.63, 3.8) is 0 Å². The second kappa shape index (κ2) is 8.22. The monoisotopic (exact) mass is 401 g/mol. The van der Waals surface area contributed by atoms with E-state index >= 15 is 0 Å². The Morgan fingerprint density at radius 3 is 2.54 bits per heavy atom. The van der Waals surface area contributed by atoms with Crippen molar-refractivity contribution < 1.29 is 12.8 Å². The first-order valence-electron chi connectivity index (χ1n) is 8.43. The van der Waals surface area contributed by atoms with Gasteiger partial charge in [-0.05, 0) is 24.3 Å². The molecule has 0 radical (unpaired) electrons. The maximum absolute atomic E-state index is 14.2. The third-order valence-electron chi connectivity index (χ3n) is 4.00. The fraction of sp³-hybridized carbons (Fsp3) is 0.158. The third kappa shape index (κ3) is 4.95. The Morgan fingerprint density at radius 2 is 1.82 bits per heavy atom. The molecule has 9 heteroatoms. The standard InChI is InChI=1S/C19H20FN5O2S/c1-25(14-7-4-3-5-8-14)19-11-18(22-13-23-19)21-12-15-16(20)9-6-10-17(15)24-28(2,26)27/h3-11,13,24H,12H2,1-2H3,(H,21,22,23). The minimum atomic E-state index is -3.52. The number of aromatic nitrogens is 2. The first-order valence-corrected chi connectivity index (χ1v) is 10.3. The molecule has 146 valence electrons. The molecule has 0 amide bonds. The fourth-order valence-corrected chi connectivity index (χ4v) is 3.21.